The van der Waals surface area contributed by atoms with Gasteiger partial charge in [0.05, 0.1) is 17.7 Å². The maximum atomic E-state index is 12.1. The lowest BCUT2D eigenvalue weighted by Gasteiger charge is -2.20. The van der Waals surface area contributed by atoms with Crippen molar-refractivity contribution in [2.75, 3.05) is 6.61 Å². The van der Waals surface area contributed by atoms with E-state index < -0.39 is 11.6 Å². The van der Waals surface area contributed by atoms with E-state index in [4.69, 9.17) is 38.4 Å². The molecule has 0 saturated heterocycles. The number of amides is 1. The minimum absolute atomic E-state index is 0.0722. The molecule has 146 valence electrons. The summed E-state index contributed by atoms with van der Waals surface area (Å²) in [7, 11) is 0. The van der Waals surface area contributed by atoms with Gasteiger partial charge in [-0.15, -0.1) is 0 Å². The lowest BCUT2D eigenvalue weighted by molar-refractivity contribution is -0.155. The second-order valence-corrected chi connectivity index (χ2v) is 7.52. The van der Waals surface area contributed by atoms with Crippen molar-refractivity contribution >= 4 is 35.1 Å². The molecule has 8 heteroatoms. The van der Waals surface area contributed by atoms with Crippen LogP contribution in [-0.2, 0) is 20.9 Å². The zero-order valence-electron chi connectivity index (χ0n) is 15.5. The van der Waals surface area contributed by atoms with Gasteiger partial charge in [-0.25, -0.2) is 0 Å². The average molecular weight is 405 g/mol. The molecule has 1 aromatic carbocycles. The van der Waals surface area contributed by atoms with Gasteiger partial charge in [0.15, 0.2) is 0 Å². The fourth-order valence-electron chi connectivity index (χ4n) is 2.12. The molecular weight excluding hydrogens is 379 g/mol. The number of carbonyl (C=O) groups is 2. The van der Waals surface area contributed by atoms with E-state index in [-0.39, 0.29) is 31.3 Å². The number of nitrogens with two attached hydrogens (primary N) is 1. The molecule has 0 aliphatic heterocycles. The number of hydrogen-bond donors (Lipinski definition) is 2. The summed E-state index contributed by atoms with van der Waals surface area (Å²) >= 11 is 12.1. The smallest absolute Gasteiger partial charge is 0.306 e. The maximum absolute atomic E-state index is 12.1. The number of halogens is 2. The van der Waals surface area contributed by atoms with E-state index in [9.17, 15) is 9.59 Å². The molecule has 26 heavy (non-hydrogen) atoms. The Kier molecular flexibility index (Phi) is 8.67. The molecule has 1 aromatic rings. The predicted octanol–water partition coefficient (Wildman–Crippen LogP) is 3.46. The summed E-state index contributed by atoms with van der Waals surface area (Å²) in [5.74, 6) is -0.324. The number of benzene rings is 1. The zero-order chi connectivity index (χ0) is 19.9. The molecule has 3 N–H and O–H groups in total. The van der Waals surface area contributed by atoms with Crippen LogP contribution in [0.1, 0.15) is 46.1 Å². The lowest BCUT2D eigenvalue weighted by atomic mass is 10.1. The number of hydrogen-bond acceptors (Lipinski definition) is 5. The number of ether oxygens (including phenoxy) is 2. The highest BCUT2D eigenvalue weighted by Crippen LogP contribution is 2.35. The van der Waals surface area contributed by atoms with Crippen LogP contribution >= 0.6 is 23.2 Å². The molecule has 0 aromatic heterocycles. The van der Waals surface area contributed by atoms with Crippen LogP contribution < -0.4 is 15.8 Å². The molecule has 1 atom stereocenters. The first-order valence-electron chi connectivity index (χ1n) is 8.40. The van der Waals surface area contributed by atoms with Crippen LogP contribution in [0.15, 0.2) is 12.1 Å². The molecule has 0 fully saturated rings. The summed E-state index contributed by atoms with van der Waals surface area (Å²) in [5, 5.41) is 3.39. The average Bonchev–Trinajstić information content (AvgIpc) is 2.54. The van der Waals surface area contributed by atoms with Crippen molar-refractivity contribution in [3.8, 4) is 5.75 Å². The van der Waals surface area contributed by atoms with Gasteiger partial charge in [0, 0.05) is 18.5 Å². The first kappa shape index (κ1) is 22.5. The molecule has 0 saturated carbocycles. The highest BCUT2D eigenvalue weighted by atomic mass is 35.5. The topological polar surface area (TPSA) is 90.6 Å². The van der Waals surface area contributed by atoms with Gasteiger partial charge in [0.25, 0.3) is 0 Å². The summed E-state index contributed by atoms with van der Waals surface area (Å²) in [4.78, 5) is 23.8. The van der Waals surface area contributed by atoms with Gasteiger partial charge in [0.2, 0.25) is 5.91 Å². The van der Waals surface area contributed by atoms with E-state index in [0.29, 0.717) is 28.0 Å². The molecule has 0 aliphatic rings. The fraction of sp³-hybridized carbons (Fsp3) is 0.556. The molecule has 1 amide bonds. The van der Waals surface area contributed by atoms with Crippen molar-refractivity contribution in [2.45, 2.75) is 58.7 Å². The number of rotatable bonds is 8. The molecule has 6 nitrogen and oxygen atoms in total. The van der Waals surface area contributed by atoms with Crippen molar-refractivity contribution < 1.29 is 19.1 Å². The summed E-state index contributed by atoms with van der Waals surface area (Å²) in [6.45, 7) is 7.77. The molecular formula is C18H26Cl2N2O4. The Labute approximate surface area is 164 Å². The van der Waals surface area contributed by atoms with Crippen molar-refractivity contribution in [1.82, 2.24) is 5.32 Å². The Morgan fingerprint density at radius 3 is 2.50 bits per heavy atom. The van der Waals surface area contributed by atoms with E-state index in [1.807, 2.05) is 6.92 Å². The summed E-state index contributed by atoms with van der Waals surface area (Å²) in [6, 6.07) is 2.54. The third-order valence-corrected chi connectivity index (χ3v) is 4.08. The minimum Gasteiger partial charge on any atom is -0.492 e. The highest BCUT2D eigenvalue weighted by Gasteiger charge is 2.20. The fourth-order valence-corrected chi connectivity index (χ4v) is 2.51. The summed E-state index contributed by atoms with van der Waals surface area (Å²) in [6.07, 6.45) is 0.267. The number of esters is 1. The Morgan fingerprint density at radius 2 is 1.92 bits per heavy atom. The van der Waals surface area contributed by atoms with Crippen LogP contribution in [0.25, 0.3) is 0 Å². The van der Waals surface area contributed by atoms with E-state index in [1.165, 1.54) is 0 Å². The van der Waals surface area contributed by atoms with Crippen LogP contribution in [0, 0.1) is 0 Å². The van der Waals surface area contributed by atoms with E-state index in [1.54, 1.807) is 32.9 Å². The Balaban J connectivity index is 2.58. The van der Waals surface area contributed by atoms with E-state index >= 15 is 0 Å². The van der Waals surface area contributed by atoms with Gasteiger partial charge in [-0.1, -0.05) is 29.3 Å². The Hall–Kier alpha value is -1.50. The number of nitrogens with one attached hydrogen (secondary N) is 1. The standard InChI is InChI=1S/C18H26Cl2N2O4/c1-5-25-16-11(6-7-12(19)15(16)20)10-22-17(24)13(21)8-9-14(23)26-18(2,3)4/h6-7,13H,5,8-10,21H2,1-4H3,(H,22,24)/t13-/m1/s1. The van der Waals surface area contributed by atoms with E-state index in [2.05, 4.69) is 5.32 Å². The lowest BCUT2D eigenvalue weighted by Crippen LogP contribution is -2.40. The van der Waals surface area contributed by atoms with Gasteiger partial charge in [0.1, 0.15) is 16.4 Å². The molecule has 0 bridgehead atoms. The second-order valence-electron chi connectivity index (χ2n) is 6.73. The molecule has 0 spiro atoms. The Morgan fingerprint density at radius 1 is 1.27 bits per heavy atom. The third-order valence-electron chi connectivity index (χ3n) is 3.29. The SMILES string of the molecule is CCOc1c(CNC(=O)[C@H](N)CCC(=O)OC(C)(C)C)ccc(Cl)c1Cl. The van der Waals surface area contributed by atoms with Crippen LogP contribution in [0.2, 0.25) is 10.0 Å². The quantitative estimate of drug-likeness (QED) is 0.647. The Bertz CT molecular complexity index is 645. The molecule has 0 aliphatic carbocycles. The van der Waals surface area contributed by atoms with Crippen molar-refractivity contribution in [2.24, 2.45) is 5.73 Å². The van der Waals surface area contributed by atoms with E-state index in [0.717, 1.165) is 0 Å². The zero-order valence-corrected chi connectivity index (χ0v) is 17.0. The monoisotopic (exact) mass is 404 g/mol. The normalized spacial score (nSPS) is 12.4. The third kappa shape index (κ3) is 7.40. The first-order valence-corrected chi connectivity index (χ1v) is 9.15. The number of carbonyl (C=O) groups excluding carboxylic acids is 2. The van der Waals surface area contributed by atoms with Gasteiger partial charge in [-0.3, -0.25) is 9.59 Å². The minimum atomic E-state index is -0.819. The van der Waals surface area contributed by atoms with Gasteiger partial charge < -0.3 is 20.5 Å². The molecule has 0 heterocycles. The van der Waals surface area contributed by atoms with Gasteiger partial charge in [-0.05, 0) is 40.2 Å². The molecule has 0 unspecified atom stereocenters. The maximum Gasteiger partial charge on any atom is 0.306 e. The van der Waals surface area contributed by atoms with Crippen molar-refractivity contribution in [1.29, 1.82) is 0 Å². The van der Waals surface area contributed by atoms with Crippen LogP contribution in [0.4, 0.5) is 0 Å². The van der Waals surface area contributed by atoms with Crippen LogP contribution in [-0.4, -0.2) is 30.1 Å². The predicted molar refractivity (Wildman–Crippen MR) is 103 cm³/mol. The van der Waals surface area contributed by atoms with Gasteiger partial charge in [-0.2, -0.15) is 0 Å². The van der Waals surface area contributed by atoms with Crippen molar-refractivity contribution in [3.63, 3.8) is 0 Å². The molecule has 0 radical (unpaired) electrons. The largest absolute Gasteiger partial charge is 0.492 e. The highest BCUT2D eigenvalue weighted by molar-refractivity contribution is 6.43. The summed E-state index contributed by atoms with van der Waals surface area (Å²) in [5.41, 5.74) is 5.97. The van der Waals surface area contributed by atoms with Gasteiger partial charge >= 0.3 is 5.97 Å². The van der Waals surface area contributed by atoms with Crippen molar-refractivity contribution in [3.05, 3.63) is 27.7 Å². The second kappa shape index (κ2) is 10.00. The van der Waals surface area contributed by atoms with Crippen LogP contribution in [0.3, 0.4) is 0 Å². The summed E-state index contributed by atoms with van der Waals surface area (Å²) < 4.78 is 10.7. The van der Waals surface area contributed by atoms with Crippen LogP contribution in [0.5, 0.6) is 5.75 Å². The molecule has 1 rings (SSSR count). The first-order chi connectivity index (χ1) is 12.0.